The molecule has 0 bridgehead atoms. The molecular formula is C23H30FN3O5S. The van der Waals surface area contributed by atoms with Crippen LogP contribution in [0.2, 0.25) is 0 Å². The molecule has 3 rings (SSSR count). The second-order valence-electron chi connectivity index (χ2n) is 7.70. The van der Waals surface area contributed by atoms with E-state index in [2.05, 4.69) is 14.9 Å². The van der Waals surface area contributed by atoms with Crippen molar-refractivity contribution in [1.29, 1.82) is 0 Å². The van der Waals surface area contributed by atoms with Crippen LogP contribution in [0.25, 0.3) is 0 Å². The van der Waals surface area contributed by atoms with Gasteiger partial charge in [0.05, 0.1) is 31.3 Å². The van der Waals surface area contributed by atoms with E-state index in [1.807, 2.05) is 24.3 Å². The first kappa shape index (κ1) is 25.1. The monoisotopic (exact) mass is 479 g/mol. The number of rotatable bonds is 11. The highest BCUT2D eigenvalue weighted by atomic mass is 32.2. The largest absolute Gasteiger partial charge is 0.497 e. The maximum Gasteiger partial charge on any atom is 0.240 e. The van der Waals surface area contributed by atoms with Gasteiger partial charge in [0.2, 0.25) is 15.9 Å². The van der Waals surface area contributed by atoms with E-state index in [1.165, 1.54) is 12.1 Å². The van der Waals surface area contributed by atoms with Gasteiger partial charge in [0.15, 0.2) is 0 Å². The van der Waals surface area contributed by atoms with E-state index in [4.69, 9.17) is 9.47 Å². The zero-order valence-corrected chi connectivity index (χ0v) is 19.4. The highest BCUT2D eigenvalue weighted by Crippen LogP contribution is 2.23. The number of hydrogen-bond donors (Lipinski definition) is 2. The summed E-state index contributed by atoms with van der Waals surface area (Å²) in [6.45, 7) is 3.39. The van der Waals surface area contributed by atoms with Crippen molar-refractivity contribution >= 4 is 15.9 Å². The molecule has 2 aromatic carbocycles. The SMILES string of the molecule is COc1ccc(C(CNC(=O)CCCNS(=O)(=O)c2ccc(F)cc2)N2CCOCC2)cc1. The lowest BCUT2D eigenvalue weighted by molar-refractivity contribution is -0.121. The summed E-state index contributed by atoms with van der Waals surface area (Å²) in [6, 6.07) is 12.4. The standard InChI is InChI=1S/C23H30FN3O5S/c1-31-20-8-4-18(5-9-20)22(27-13-15-32-16-14-27)17-25-23(28)3-2-12-26-33(29,30)21-10-6-19(24)7-11-21/h4-11,22,26H,2-3,12-17H2,1H3,(H,25,28). The number of carbonyl (C=O) groups is 1. The van der Waals surface area contributed by atoms with Gasteiger partial charge in [-0.2, -0.15) is 0 Å². The molecule has 0 radical (unpaired) electrons. The third-order valence-electron chi connectivity index (χ3n) is 5.48. The number of hydrogen-bond acceptors (Lipinski definition) is 6. The minimum Gasteiger partial charge on any atom is -0.497 e. The molecule has 0 aliphatic carbocycles. The van der Waals surface area contributed by atoms with Crippen molar-refractivity contribution in [2.45, 2.75) is 23.8 Å². The molecule has 1 aliphatic heterocycles. The van der Waals surface area contributed by atoms with Crippen LogP contribution in [-0.2, 0) is 19.6 Å². The van der Waals surface area contributed by atoms with Crippen LogP contribution in [0.1, 0.15) is 24.4 Å². The Morgan fingerprint density at radius 1 is 1.12 bits per heavy atom. The Hall–Kier alpha value is -2.53. The normalized spacial score (nSPS) is 15.7. The quantitative estimate of drug-likeness (QED) is 0.479. The number of nitrogens with zero attached hydrogens (tertiary/aromatic N) is 1. The summed E-state index contributed by atoms with van der Waals surface area (Å²) in [5.74, 6) is 0.116. The first-order valence-corrected chi connectivity index (χ1v) is 12.3. The predicted octanol–water partition coefficient (Wildman–Crippen LogP) is 2.08. The zero-order chi connectivity index (χ0) is 23.7. The Labute approximate surface area is 194 Å². The van der Waals surface area contributed by atoms with Crippen LogP contribution >= 0.6 is 0 Å². The molecule has 1 amide bonds. The number of amides is 1. The molecule has 2 aromatic rings. The second kappa shape index (κ2) is 12.1. The van der Waals surface area contributed by atoms with E-state index < -0.39 is 15.8 Å². The third kappa shape index (κ3) is 7.50. The van der Waals surface area contributed by atoms with Crippen molar-refractivity contribution < 1.29 is 27.1 Å². The van der Waals surface area contributed by atoms with Gasteiger partial charge in [0.1, 0.15) is 11.6 Å². The average Bonchev–Trinajstić information content (AvgIpc) is 2.83. The van der Waals surface area contributed by atoms with Crippen molar-refractivity contribution in [3.8, 4) is 5.75 Å². The fourth-order valence-corrected chi connectivity index (χ4v) is 4.70. The van der Waals surface area contributed by atoms with Crippen LogP contribution in [0.15, 0.2) is 53.4 Å². The van der Waals surface area contributed by atoms with E-state index in [0.717, 1.165) is 36.5 Å². The highest BCUT2D eigenvalue weighted by Gasteiger charge is 2.23. The Kier molecular flexibility index (Phi) is 9.19. The van der Waals surface area contributed by atoms with Crippen LogP contribution in [-0.4, -0.2) is 65.7 Å². The number of ether oxygens (including phenoxy) is 2. The van der Waals surface area contributed by atoms with Gasteiger partial charge in [-0.1, -0.05) is 12.1 Å². The van der Waals surface area contributed by atoms with Crippen LogP contribution < -0.4 is 14.8 Å². The van der Waals surface area contributed by atoms with Crippen molar-refractivity contribution in [3.05, 3.63) is 59.9 Å². The lowest BCUT2D eigenvalue weighted by Gasteiger charge is -2.35. The average molecular weight is 480 g/mol. The maximum atomic E-state index is 13.0. The lowest BCUT2D eigenvalue weighted by Crippen LogP contribution is -2.43. The van der Waals surface area contributed by atoms with Crippen LogP contribution in [0, 0.1) is 5.82 Å². The molecule has 1 fully saturated rings. The fraction of sp³-hybridized carbons (Fsp3) is 0.435. The number of benzene rings is 2. The molecule has 1 heterocycles. The maximum absolute atomic E-state index is 13.0. The molecule has 1 aliphatic rings. The van der Waals surface area contributed by atoms with Gasteiger partial charge < -0.3 is 14.8 Å². The van der Waals surface area contributed by atoms with Crippen LogP contribution in [0.5, 0.6) is 5.75 Å². The molecular weight excluding hydrogens is 449 g/mol. The van der Waals surface area contributed by atoms with E-state index in [1.54, 1.807) is 7.11 Å². The van der Waals surface area contributed by atoms with Gasteiger partial charge in [0, 0.05) is 32.6 Å². The van der Waals surface area contributed by atoms with E-state index >= 15 is 0 Å². The zero-order valence-electron chi connectivity index (χ0n) is 18.6. The Balaban J connectivity index is 1.48. The number of halogens is 1. The van der Waals surface area contributed by atoms with Gasteiger partial charge >= 0.3 is 0 Å². The first-order chi connectivity index (χ1) is 15.9. The summed E-state index contributed by atoms with van der Waals surface area (Å²) in [7, 11) is -2.11. The summed E-state index contributed by atoms with van der Waals surface area (Å²) in [5, 5.41) is 2.97. The predicted molar refractivity (Wildman–Crippen MR) is 122 cm³/mol. The highest BCUT2D eigenvalue weighted by molar-refractivity contribution is 7.89. The Morgan fingerprint density at radius 3 is 2.42 bits per heavy atom. The number of sulfonamides is 1. The fourth-order valence-electron chi connectivity index (χ4n) is 3.62. The Bertz CT molecular complexity index is 994. The molecule has 0 aromatic heterocycles. The van der Waals surface area contributed by atoms with Crippen molar-refractivity contribution in [3.63, 3.8) is 0 Å². The number of morpholine rings is 1. The van der Waals surface area contributed by atoms with Crippen LogP contribution in [0.4, 0.5) is 4.39 Å². The van der Waals surface area contributed by atoms with E-state index in [0.29, 0.717) is 26.2 Å². The molecule has 0 spiro atoms. The molecule has 1 saturated heterocycles. The molecule has 0 saturated carbocycles. The molecule has 10 heteroatoms. The minimum atomic E-state index is -3.73. The smallest absolute Gasteiger partial charge is 0.240 e. The lowest BCUT2D eigenvalue weighted by atomic mass is 10.0. The summed E-state index contributed by atoms with van der Waals surface area (Å²) in [6.07, 6.45) is 0.529. The van der Waals surface area contributed by atoms with Crippen LogP contribution in [0.3, 0.4) is 0 Å². The van der Waals surface area contributed by atoms with Gasteiger partial charge in [-0.3, -0.25) is 9.69 Å². The summed E-state index contributed by atoms with van der Waals surface area (Å²) in [4.78, 5) is 14.7. The topological polar surface area (TPSA) is 97.0 Å². The van der Waals surface area contributed by atoms with Crippen molar-refractivity contribution in [2.75, 3.05) is 46.5 Å². The summed E-state index contributed by atoms with van der Waals surface area (Å²) < 4.78 is 50.6. The molecule has 2 N–H and O–H groups in total. The third-order valence-corrected chi connectivity index (χ3v) is 6.95. The number of carbonyl (C=O) groups excluding carboxylic acids is 1. The molecule has 1 atom stereocenters. The van der Waals surface area contributed by atoms with Gasteiger partial charge in [-0.05, 0) is 48.4 Å². The molecule has 1 unspecified atom stereocenters. The first-order valence-electron chi connectivity index (χ1n) is 10.9. The molecule has 180 valence electrons. The van der Waals surface area contributed by atoms with E-state index in [-0.39, 0.29) is 29.8 Å². The van der Waals surface area contributed by atoms with E-state index in [9.17, 15) is 17.6 Å². The molecule has 33 heavy (non-hydrogen) atoms. The minimum absolute atomic E-state index is 0.000681. The van der Waals surface area contributed by atoms with Gasteiger partial charge in [0.25, 0.3) is 0 Å². The molecule has 8 nitrogen and oxygen atoms in total. The number of nitrogens with one attached hydrogen (secondary N) is 2. The Morgan fingerprint density at radius 2 is 1.79 bits per heavy atom. The number of methoxy groups -OCH3 is 1. The summed E-state index contributed by atoms with van der Waals surface area (Å²) in [5.41, 5.74) is 1.07. The van der Waals surface area contributed by atoms with Crippen molar-refractivity contribution in [2.24, 2.45) is 0 Å². The summed E-state index contributed by atoms with van der Waals surface area (Å²) >= 11 is 0. The van der Waals surface area contributed by atoms with Crippen molar-refractivity contribution in [1.82, 2.24) is 14.9 Å². The van der Waals surface area contributed by atoms with Gasteiger partial charge in [-0.15, -0.1) is 0 Å². The second-order valence-corrected chi connectivity index (χ2v) is 9.46. The van der Waals surface area contributed by atoms with Gasteiger partial charge in [-0.25, -0.2) is 17.5 Å².